The van der Waals surface area contributed by atoms with Crippen LogP contribution in [-0.4, -0.2) is 16.2 Å². The Morgan fingerprint density at radius 3 is 2.62 bits per heavy atom. The molecule has 0 spiro atoms. The Morgan fingerprint density at radius 2 is 2.00 bits per heavy atom. The van der Waals surface area contributed by atoms with E-state index in [0.29, 0.717) is 12.1 Å². The first-order chi connectivity index (χ1) is 10.2. The molecule has 2 aromatic rings. The molecule has 21 heavy (non-hydrogen) atoms. The van der Waals surface area contributed by atoms with Gasteiger partial charge in [0.25, 0.3) is 5.91 Å². The lowest BCUT2D eigenvalue weighted by Crippen LogP contribution is -2.29. The molecule has 1 aromatic carbocycles. The van der Waals surface area contributed by atoms with Gasteiger partial charge in [-0.25, -0.2) is 0 Å². The average Bonchev–Trinajstić information content (AvgIpc) is 2.94. The van der Waals surface area contributed by atoms with Crippen LogP contribution in [0.4, 0.5) is 0 Å². The second-order valence-electron chi connectivity index (χ2n) is 4.77. The predicted octanol–water partition coefficient (Wildman–Crippen LogP) is 2.15. The lowest BCUT2D eigenvalue weighted by atomic mass is 10.1. The van der Waals surface area contributed by atoms with Gasteiger partial charge < -0.3 is 14.9 Å². The molecule has 5 heteroatoms. The monoisotopic (exact) mass is 288 g/mol. The number of carbonyl (C=O) groups is 1. The second kappa shape index (κ2) is 7.04. The lowest BCUT2D eigenvalue weighted by molar-refractivity contribution is -0.129. The fraction of sp³-hybridized carbons (Fsp3) is 0.375. The zero-order chi connectivity index (χ0) is 15.2. The molecule has 5 nitrogen and oxygen atoms in total. The van der Waals surface area contributed by atoms with E-state index < -0.39 is 12.0 Å². The minimum atomic E-state index is -1.17. The summed E-state index contributed by atoms with van der Waals surface area (Å²) in [6.07, 6.45) is 0.302. The third-order valence-corrected chi connectivity index (χ3v) is 3.41. The van der Waals surface area contributed by atoms with Crippen molar-refractivity contribution in [3.8, 4) is 0 Å². The molecule has 2 rings (SSSR count). The molecule has 1 heterocycles. The fourth-order valence-corrected chi connectivity index (χ4v) is 2.20. The molecule has 0 fully saturated rings. The molecule has 0 aliphatic carbocycles. The van der Waals surface area contributed by atoms with Crippen molar-refractivity contribution in [3.63, 3.8) is 0 Å². The summed E-state index contributed by atoms with van der Waals surface area (Å²) in [6.45, 7) is 4.28. The van der Waals surface area contributed by atoms with Crippen LogP contribution in [0.15, 0.2) is 34.9 Å². The standard InChI is InChI=1S/C16H20N2O3/c1-3-13-12(14(4-2)21-18-13)10-17-16(20)15(19)11-8-6-5-7-9-11/h5-9,15,19H,3-4,10H2,1-2H3,(H,17,20). The van der Waals surface area contributed by atoms with Crippen LogP contribution in [0, 0.1) is 0 Å². The Morgan fingerprint density at radius 1 is 1.29 bits per heavy atom. The maximum absolute atomic E-state index is 12.0. The number of aliphatic hydroxyl groups excluding tert-OH is 1. The van der Waals surface area contributed by atoms with Crippen LogP contribution in [0.3, 0.4) is 0 Å². The Balaban J connectivity index is 2.03. The van der Waals surface area contributed by atoms with Crippen molar-refractivity contribution in [2.45, 2.75) is 39.3 Å². The number of carbonyl (C=O) groups excluding carboxylic acids is 1. The Bertz CT molecular complexity index is 571. The van der Waals surface area contributed by atoms with Gasteiger partial charge in [0.15, 0.2) is 6.10 Å². The SMILES string of the molecule is CCc1noc(CC)c1CNC(=O)C(O)c1ccccc1. The van der Waals surface area contributed by atoms with Crippen LogP contribution in [0.5, 0.6) is 0 Å². The van der Waals surface area contributed by atoms with Crippen molar-refractivity contribution in [1.29, 1.82) is 0 Å². The number of nitrogens with one attached hydrogen (secondary N) is 1. The predicted molar refractivity (Wildman–Crippen MR) is 78.5 cm³/mol. The summed E-state index contributed by atoms with van der Waals surface area (Å²) >= 11 is 0. The molecular weight excluding hydrogens is 268 g/mol. The topological polar surface area (TPSA) is 75.4 Å². The van der Waals surface area contributed by atoms with E-state index >= 15 is 0 Å². The van der Waals surface area contributed by atoms with Crippen LogP contribution in [0.2, 0.25) is 0 Å². The van der Waals surface area contributed by atoms with Gasteiger partial charge >= 0.3 is 0 Å². The average molecular weight is 288 g/mol. The third kappa shape index (κ3) is 3.49. The number of hydrogen-bond donors (Lipinski definition) is 2. The summed E-state index contributed by atoms with van der Waals surface area (Å²) in [5.41, 5.74) is 2.33. The van der Waals surface area contributed by atoms with Crippen molar-refractivity contribution in [2.24, 2.45) is 0 Å². The quantitative estimate of drug-likeness (QED) is 0.854. The van der Waals surface area contributed by atoms with Crippen LogP contribution >= 0.6 is 0 Å². The van der Waals surface area contributed by atoms with Gasteiger partial charge in [-0.15, -0.1) is 0 Å². The van der Waals surface area contributed by atoms with Crippen molar-refractivity contribution in [2.75, 3.05) is 0 Å². The van der Waals surface area contributed by atoms with E-state index in [4.69, 9.17) is 4.52 Å². The number of amides is 1. The van der Waals surface area contributed by atoms with E-state index in [1.807, 2.05) is 19.9 Å². The molecule has 2 N–H and O–H groups in total. The van der Waals surface area contributed by atoms with Gasteiger partial charge in [-0.3, -0.25) is 4.79 Å². The number of aromatic nitrogens is 1. The second-order valence-corrected chi connectivity index (χ2v) is 4.77. The Labute approximate surface area is 124 Å². The highest BCUT2D eigenvalue weighted by molar-refractivity contribution is 5.81. The van der Waals surface area contributed by atoms with E-state index in [2.05, 4.69) is 10.5 Å². The van der Waals surface area contributed by atoms with Crippen LogP contribution in [0.1, 0.15) is 42.5 Å². The molecule has 0 saturated carbocycles. The van der Waals surface area contributed by atoms with Crippen LogP contribution in [0.25, 0.3) is 0 Å². The zero-order valence-electron chi connectivity index (χ0n) is 12.3. The van der Waals surface area contributed by atoms with Crippen molar-refractivity contribution >= 4 is 5.91 Å². The van der Waals surface area contributed by atoms with E-state index in [1.165, 1.54) is 0 Å². The number of aryl methyl sites for hydroxylation is 2. The van der Waals surface area contributed by atoms with Crippen LogP contribution in [-0.2, 0) is 24.2 Å². The highest BCUT2D eigenvalue weighted by atomic mass is 16.5. The first kappa shape index (κ1) is 15.3. The fourth-order valence-electron chi connectivity index (χ4n) is 2.20. The highest BCUT2D eigenvalue weighted by Gasteiger charge is 2.19. The van der Waals surface area contributed by atoms with Crippen molar-refractivity contribution in [3.05, 3.63) is 52.9 Å². The molecule has 0 bridgehead atoms. The van der Waals surface area contributed by atoms with Gasteiger partial charge in [0.05, 0.1) is 5.69 Å². The molecule has 0 aliphatic rings. The summed E-state index contributed by atoms with van der Waals surface area (Å²) in [4.78, 5) is 12.0. The van der Waals surface area contributed by atoms with E-state index in [-0.39, 0.29) is 0 Å². The van der Waals surface area contributed by atoms with E-state index in [9.17, 15) is 9.90 Å². The lowest BCUT2D eigenvalue weighted by Gasteiger charge is -2.11. The van der Waals surface area contributed by atoms with Gasteiger partial charge in [-0.1, -0.05) is 49.3 Å². The molecule has 0 aliphatic heterocycles. The summed E-state index contributed by atoms with van der Waals surface area (Å²) in [5.74, 6) is 0.354. The number of nitrogens with zero attached hydrogens (tertiary/aromatic N) is 1. The van der Waals surface area contributed by atoms with Gasteiger partial charge in [0.2, 0.25) is 0 Å². The van der Waals surface area contributed by atoms with Gasteiger partial charge in [-0.2, -0.15) is 0 Å². The first-order valence-electron chi connectivity index (χ1n) is 7.14. The number of benzene rings is 1. The summed E-state index contributed by atoms with van der Waals surface area (Å²) in [6, 6.07) is 8.86. The highest BCUT2D eigenvalue weighted by Crippen LogP contribution is 2.17. The smallest absolute Gasteiger partial charge is 0.253 e. The molecule has 1 amide bonds. The molecule has 112 valence electrons. The minimum absolute atomic E-state index is 0.318. The number of rotatable bonds is 6. The van der Waals surface area contributed by atoms with E-state index in [1.54, 1.807) is 24.3 Å². The molecule has 1 aromatic heterocycles. The number of aliphatic hydroxyl groups is 1. The summed E-state index contributed by atoms with van der Waals surface area (Å²) in [7, 11) is 0. The molecule has 1 atom stereocenters. The minimum Gasteiger partial charge on any atom is -0.378 e. The van der Waals surface area contributed by atoms with Crippen molar-refractivity contribution < 1.29 is 14.4 Å². The Kier molecular flexibility index (Phi) is 5.11. The molecule has 0 radical (unpaired) electrons. The summed E-state index contributed by atoms with van der Waals surface area (Å²) < 4.78 is 5.25. The molecule has 0 saturated heterocycles. The van der Waals surface area contributed by atoms with E-state index in [0.717, 1.165) is 29.9 Å². The summed E-state index contributed by atoms with van der Waals surface area (Å²) in [5, 5.41) is 16.8. The van der Waals surface area contributed by atoms with Gasteiger partial charge in [0, 0.05) is 18.5 Å². The third-order valence-electron chi connectivity index (χ3n) is 3.41. The van der Waals surface area contributed by atoms with Gasteiger partial charge in [0.1, 0.15) is 5.76 Å². The van der Waals surface area contributed by atoms with Crippen molar-refractivity contribution in [1.82, 2.24) is 10.5 Å². The zero-order valence-corrected chi connectivity index (χ0v) is 12.3. The number of hydrogen-bond acceptors (Lipinski definition) is 4. The van der Waals surface area contributed by atoms with Crippen LogP contribution < -0.4 is 5.32 Å². The van der Waals surface area contributed by atoms with Gasteiger partial charge in [-0.05, 0) is 12.0 Å². The molecule has 1 unspecified atom stereocenters. The first-order valence-corrected chi connectivity index (χ1v) is 7.14. The molecular formula is C16H20N2O3. The largest absolute Gasteiger partial charge is 0.378 e. The Hall–Kier alpha value is -2.14. The maximum atomic E-state index is 12.0. The normalized spacial score (nSPS) is 12.1. The maximum Gasteiger partial charge on any atom is 0.253 e.